The molecule has 2 rings (SSSR count). The van der Waals surface area contributed by atoms with Crippen molar-refractivity contribution in [3.8, 4) is 5.82 Å². The minimum absolute atomic E-state index is 0.324. The number of hydrogen-bond acceptors (Lipinski definition) is 3. The fourth-order valence-electron chi connectivity index (χ4n) is 2.19. The minimum Gasteiger partial charge on any atom is -0.310 e. The zero-order valence-corrected chi connectivity index (χ0v) is 12.4. The lowest BCUT2D eigenvalue weighted by Crippen LogP contribution is -2.18. The van der Waals surface area contributed by atoms with Crippen molar-refractivity contribution in [2.75, 3.05) is 6.54 Å². The van der Waals surface area contributed by atoms with Crippen molar-refractivity contribution in [2.24, 2.45) is 0 Å². The molecule has 0 aliphatic heterocycles. The lowest BCUT2D eigenvalue weighted by atomic mass is 10.1. The van der Waals surface area contributed by atoms with Gasteiger partial charge in [-0.05, 0) is 57.5 Å². The van der Waals surface area contributed by atoms with Gasteiger partial charge in [0, 0.05) is 17.9 Å². The summed E-state index contributed by atoms with van der Waals surface area (Å²) in [6.45, 7) is 11.4. The fourth-order valence-corrected chi connectivity index (χ4v) is 2.19. The molecule has 0 amide bonds. The van der Waals surface area contributed by atoms with Crippen LogP contribution < -0.4 is 5.32 Å². The molecule has 0 bridgehead atoms. The molecule has 2 aromatic rings. The Morgan fingerprint density at radius 2 is 2.05 bits per heavy atom. The van der Waals surface area contributed by atoms with Gasteiger partial charge in [-0.1, -0.05) is 6.92 Å². The molecule has 0 saturated heterocycles. The van der Waals surface area contributed by atoms with Gasteiger partial charge in [-0.2, -0.15) is 5.10 Å². The summed E-state index contributed by atoms with van der Waals surface area (Å²) in [4.78, 5) is 4.44. The maximum absolute atomic E-state index is 4.56. The van der Waals surface area contributed by atoms with Crippen LogP contribution >= 0.6 is 0 Å². The summed E-state index contributed by atoms with van der Waals surface area (Å²) in [6, 6.07) is 4.48. The molecule has 102 valence electrons. The second-order valence-corrected chi connectivity index (χ2v) is 4.93. The molecule has 1 unspecified atom stereocenters. The van der Waals surface area contributed by atoms with Crippen LogP contribution in [0, 0.1) is 20.8 Å². The third kappa shape index (κ3) is 2.68. The normalized spacial score (nSPS) is 12.7. The van der Waals surface area contributed by atoms with Crippen molar-refractivity contribution in [3.05, 3.63) is 40.8 Å². The summed E-state index contributed by atoms with van der Waals surface area (Å²) >= 11 is 0. The highest BCUT2D eigenvalue weighted by molar-refractivity contribution is 5.34. The summed E-state index contributed by atoms with van der Waals surface area (Å²) in [7, 11) is 0. The van der Waals surface area contributed by atoms with Crippen LogP contribution in [0.2, 0.25) is 0 Å². The van der Waals surface area contributed by atoms with Gasteiger partial charge >= 0.3 is 0 Å². The number of rotatable bonds is 4. The number of nitrogens with zero attached hydrogens (tertiary/aromatic N) is 3. The number of pyridine rings is 1. The Labute approximate surface area is 114 Å². The first-order chi connectivity index (χ1) is 9.04. The minimum atomic E-state index is 0.324. The van der Waals surface area contributed by atoms with Crippen LogP contribution in [0.4, 0.5) is 0 Å². The van der Waals surface area contributed by atoms with Gasteiger partial charge < -0.3 is 5.32 Å². The van der Waals surface area contributed by atoms with Gasteiger partial charge in [0.2, 0.25) is 0 Å². The van der Waals surface area contributed by atoms with E-state index in [1.54, 1.807) is 0 Å². The molecule has 0 spiro atoms. The van der Waals surface area contributed by atoms with E-state index in [4.69, 9.17) is 0 Å². The summed E-state index contributed by atoms with van der Waals surface area (Å²) < 4.78 is 1.92. The standard InChI is InChI=1S/C15H22N4/c1-6-16-12(4)14-7-8-17-15(9-14)19-13(5)10(2)11(3)18-19/h7-9,12,16H,6H2,1-5H3. The molecule has 1 atom stereocenters. The van der Waals surface area contributed by atoms with Crippen LogP contribution in [0.25, 0.3) is 5.82 Å². The Morgan fingerprint density at radius 1 is 1.32 bits per heavy atom. The monoisotopic (exact) mass is 258 g/mol. The van der Waals surface area contributed by atoms with E-state index in [9.17, 15) is 0 Å². The predicted octanol–water partition coefficient (Wildman–Crippen LogP) is 2.86. The maximum Gasteiger partial charge on any atom is 0.153 e. The van der Waals surface area contributed by atoms with Gasteiger partial charge in [0.05, 0.1) is 5.69 Å². The molecule has 0 aliphatic carbocycles. The highest BCUT2D eigenvalue weighted by Gasteiger charge is 2.11. The van der Waals surface area contributed by atoms with E-state index in [0.717, 1.165) is 23.8 Å². The van der Waals surface area contributed by atoms with Crippen LogP contribution in [0.15, 0.2) is 18.3 Å². The quantitative estimate of drug-likeness (QED) is 0.917. The second-order valence-electron chi connectivity index (χ2n) is 4.93. The zero-order valence-electron chi connectivity index (χ0n) is 12.4. The molecular weight excluding hydrogens is 236 g/mol. The van der Waals surface area contributed by atoms with Crippen LogP contribution in [0.3, 0.4) is 0 Å². The molecule has 2 heterocycles. The maximum atomic E-state index is 4.56. The van der Waals surface area contributed by atoms with Gasteiger partial charge in [0.15, 0.2) is 5.82 Å². The molecule has 0 aromatic carbocycles. The van der Waals surface area contributed by atoms with Crippen LogP contribution in [-0.4, -0.2) is 21.3 Å². The third-order valence-corrected chi connectivity index (χ3v) is 3.65. The summed E-state index contributed by atoms with van der Waals surface area (Å²) in [5.41, 5.74) is 4.67. The first-order valence-electron chi connectivity index (χ1n) is 6.77. The molecular formula is C15H22N4. The summed E-state index contributed by atoms with van der Waals surface area (Å²) in [6.07, 6.45) is 1.85. The van der Waals surface area contributed by atoms with E-state index in [2.05, 4.69) is 55.2 Å². The highest BCUT2D eigenvalue weighted by atomic mass is 15.3. The van der Waals surface area contributed by atoms with Gasteiger partial charge in [0.1, 0.15) is 0 Å². The fraction of sp³-hybridized carbons (Fsp3) is 0.467. The molecule has 0 saturated carbocycles. The third-order valence-electron chi connectivity index (χ3n) is 3.65. The molecule has 4 heteroatoms. The number of aromatic nitrogens is 3. The first-order valence-corrected chi connectivity index (χ1v) is 6.77. The van der Waals surface area contributed by atoms with E-state index in [1.807, 2.05) is 17.8 Å². The zero-order chi connectivity index (χ0) is 14.0. The van der Waals surface area contributed by atoms with Crippen molar-refractivity contribution in [3.63, 3.8) is 0 Å². The average Bonchev–Trinajstić information content (AvgIpc) is 2.67. The van der Waals surface area contributed by atoms with E-state index >= 15 is 0 Å². The average molecular weight is 258 g/mol. The van der Waals surface area contributed by atoms with Crippen LogP contribution in [0.5, 0.6) is 0 Å². The lowest BCUT2D eigenvalue weighted by molar-refractivity contribution is 0.596. The molecule has 0 radical (unpaired) electrons. The van der Waals surface area contributed by atoms with E-state index in [-0.39, 0.29) is 0 Å². The SMILES string of the molecule is CCNC(C)c1ccnc(-n2nc(C)c(C)c2C)c1. The number of nitrogens with one attached hydrogen (secondary N) is 1. The molecule has 1 N–H and O–H groups in total. The molecule has 2 aromatic heterocycles. The molecule has 0 aliphatic rings. The Kier molecular flexibility index (Phi) is 4.00. The Morgan fingerprint density at radius 3 is 2.63 bits per heavy atom. The van der Waals surface area contributed by atoms with Crippen molar-refractivity contribution in [1.29, 1.82) is 0 Å². The summed E-state index contributed by atoms with van der Waals surface area (Å²) in [5, 5.41) is 7.97. The second kappa shape index (κ2) is 5.53. The Bertz CT molecular complexity index is 572. The number of hydrogen-bond donors (Lipinski definition) is 1. The van der Waals surface area contributed by atoms with Gasteiger partial charge in [-0.15, -0.1) is 0 Å². The predicted molar refractivity (Wildman–Crippen MR) is 77.7 cm³/mol. The van der Waals surface area contributed by atoms with Gasteiger partial charge in [-0.25, -0.2) is 9.67 Å². The molecule has 0 fully saturated rings. The van der Waals surface area contributed by atoms with Gasteiger partial charge in [-0.3, -0.25) is 0 Å². The summed E-state index contributed by atoms with van der Waals surface area (Å²) in [5.74, 6) is 0.885. The topological polar surface area (TPSA) is 42.7 Å². The van der Waals surface area contributed by atoms with E-state index in [1.165, 1.54) is 11.1 Å². The first kappa shape index (κ1) is 13.7. The molecule has 4 nitrogen and oxygen atoms in total. The Balaban J connectivity index is 2.40. The lowest BCUT2D eigenvalue weighted by Gasteiger charge is -2.13. The van der Waals surface area contributed by atoms with Gasteiger partial charge in [0.25, 0.3) is 0 Å². The van der Waals surface area contributed by atoms with Crippen LogP contribution in [0.1, 0.15) is 42.4 Å². The smallest absolute Gasteiger partial charge is 0.153 e. The largest absolute Gasteiger partial charge is 0.310 e. The van der Waals surface area contributed by atoms with Crippen molar-refractivity contribution in [1.82, 2.24) is 20.1 Å². The van der Waals surface area contributed by atoms with E-state index < -0.39 is 0 Å². The molecule has 19 heavy (non-hydrogen) atoms. The van der Waals surface area contributed by atoms with Crippen LogP contribution in [-0.2, 0) is 0 Å². The highest BCUT2D eigenvalue weighted by Crippen LogP contribution is 2.18. The Hall–Kier alpha value is -1.68. The van der Waals surface area contributed by atoms with Crippen molar-refractivity contribution in [2.45, 2.75) is 40.7 Å². The van der Waals surface area contributed by atoms with Crippen molar-refractivity contribution >= 4 is 0 Å². The van der Waals surface area contributed by atoms with E-state index in [0.29, 0.717) is 6.04 Å². The van der Waals surface area contributed by atoms with Crippen molar-refractivity contribution < 1.29 is 0 Å². The number of aryl methyl sites for hydroxylation is 1.